The fourth-order valence-electron chi connectivity index (χ4n) is 1.87. The normalized spacial score (nSPS) is 10.0. The van der Waals surface area contributed by atoms with Crippen LogP contribution in [-0.4, -0.2) is 18.5 Å². The van der Waals surface area contributed by atoms with Crippen LogP contribution < -0.4 is 15.2 Å². The summed E-state index contributed by atoms with van der Waals surface area (Å²) in [7, 11) is 0. The number of aryl methyl sites for hydroxylation is 1. The van der Waals surface area contributed by atoms with Crippen molar-refractivity contribution in [2.75, 3.05) is 6.61 Å². The highest BCUT2D eigenvalue weighted by Gasteiger charge is 2.04. The number of nitrogens with one attached hydrogen (secondary N) is 1. The molecule has 1 N–H and O–H groups in total. The molecule has 0 aliphatic rings. The number of carbonyl (C=O) groups is 2. The van der Waals surface area contributed by atoms with E-state index in [1.165, 1.54) is 12.1 Å². The summed E-state index contributed by atoms with van der Waals surface area (Å²) in [6.45, 7) is 2.15. The topological polar surface area (TPSA) is 78.5 Å². The Labute approximate surface area is 128 Å². The highest BCUT2D eigenvalue weighted by molar-refractivity contribution is 5.85. The van der Waals surface area contributed by atoms with Crippen molar-refractivity contribution in [3.05, 3.63) is 65.2 Å². The predicted octanol–water partition coefficient (Wildman–Crippen LogP) is 1.05. The third-order valence-electron chi connectivity index (χ3n) is 3.13. The third kappa shape index (κ3) is 4.34. The second-order valence-corrected chi connectivity index (χ2v) is 4.82. The molecule has 0 heterocycles. The van der Waals surface area contributed by atoms with E-state index in [1.54, 1.807) is 18.2 Å². The lowest BCUT2D eigenvalue weighted by molar-refractivity contribution is -0.255. The fourth-order valence-corrected chi connectivity index (χ4v) is 1.87. The summed E-state index contributed by atoms with van der Waals surface area (Å²) in [6, 6.07) is 13.6. The van der Waals surface area contributed by atoms with Crippen molar-refractivity contribution >= 4 is 11.9 Å². The van der Waals surface area contributed by atoms with E-state index < -0.39 is 5.97 Å². The molecule has 0 saturated carbocycles. The number of aromatic carboxylic acids is 1. The van der Waals surface area contributed by atoms with E-state index >= 15 is 0 Å². The number of ether oxygens (including phenoxy) is 1. The Kier molecular flexibility index (Phi) is 5.14. The van der Waals surface area contributed by atoms with Gasteiger partial charge in [-0.25, -0.2) is 0 Å². The molecular formula is C17H16NO4-. The summed E-state index contributed by atoms with van der Waals surface area (Å²) in [6.07, 6.45) is 0. The maximum absolute atomic E-state index is 11.7. The summed E-state index contributed by atoms with van der Waals surface area (Å²) in [4.78, 5) is 22.4. The zero-order chi connectivity index (χ0) is 15.9. The molecule has 1 amide bonds. The number of hydrogen-bond acceptors (Lipinski definition) is 4. The summed E-state index contributed by atoms with van der Waals surface area (Å²) < 4.78 is 5.44. The Balaban J connectivity index is 1.80. The van der Waals surface area contributed by atoms with Gasteiger partial charge in [0.2, 0.25) is 0 Å². The molecule has 5 heteroatoms. The van der Waals surface area contributed by atoms with E-state index in [1.807, 2.05) is 25.1 Å². The Hall–Kier alpha value is -2.82. The van der Waals surface area contributed by atoms with Gasteiger partial charge in [-0.05, 0) is 29.7 Å². The average molecular weight is 298 g/mol. The highest BCUT2D eigenvalue weighted by atomic mass is 16.5. The molecule has 0 fully saturated rings. The number of amides is 1. The number of carbonyl (C=O) groups excluding carboxylic acids is 2. The number of carboxylic acid groups (broad SMARTS) is 1. The lowest BCUT2D eigenvalue weighted by Crippen LogP contribution is -2.28. The molecule has 2 aromatic carbocycles. The van der Waals surface area contributed by atoms with E-state index in [0.717, 1.165) is 11.1 Å². The Morgan fingerprint density at radius 3 is 2.41 bits per heavy atom. The number of carboxylic acids is 1. The molecule has 0 saturated heterocycles. The minimum atomic E-state index is -1.22. The van der Waals surface area contributed by atoms with Gasteiger partial charge in [0.1, 0.15) is 5.75 Å². The minimum absolute atomic E-state index is 0.0675. The summed E-state index contributed by atoms with van der Waals surface area (Å²) >= 11 is 0. The van der Waals surface area contributed by atoms with Gasteiger partial charge in [-0.2, -0.15) is 0 Å². The molecule has 5 nitrogen and oxygen atoms in total. The molecule has 0 aliphatic heterocycles. The zero-order valence-corrected chi connectivity index (χ0v) is 12.2. The van der Waals surface area contributed by atoms with Crippen molar-refractivity contribution in [2.24, 2.45) is 0 Å². The van der Waals surface area contributed by atoms with Crippen LogP contribution in [0.5, 0.6) is 5.75 Å². The van der Waals surface area contributed by atoms with E-state index in [0.29, 0.717) is 12.3 Å². The number of hydrogen-bond donors (Lipinski definition) is 1. The molecule has 0 aromatic heterocycles. The SMILES string of the molecule is Cc1ccccc1OCC(=O)NCc1ccc(C(=O)[O-])cc1. The van der Waals surface area contributed by atoms with Crippen molar-refractivity contribution < 1.29 is 19.4 Å². The lowest BCUT2D eigenvalue weighted by atomic mass is 10.1. The van der Waals surface area contributed by atoms with Crippen LogP contribution in [0.4, 0.5) is 0 Å². The molecular weight excluding hydrogens is 282 g/mol. The Morgan fingerprint density at radius 1 is 1.09 bits per heavy atom. The second-order valence-electron chi connectivity index (χ2n) is 4.82. The predicted molar refractivity (Wildman–Crippen MR) is 79.3 cm³/mol. The molecule has 0 spiro atoms. The van der Waals surface area contributed by atoms with Gasteiger partial charge in [0.05, 0.1) is 5.97 Å². The third-order valence-corrected chi connectivity index (χ3v) is 3.13. The monoisotopic (exact) mass is 298 g/mol. The maximum atomic E-state index is 11.7. The highest BCUT2D eigenvalue weighted by Crippen LogP contribution is 2.15. The minimum Gasteiger partial charge on any atom is -0.545 e. The van der Waals surface area contributed by atoms with Crippen LogP contribution in [0.1, 0.15) is 21.5 Å². The van der Waals surface area contributed by atoms with Crippen LogP contribution in [-0.2, 0) is 11.3 Å². The zero-order valence-electron chi connectivity index (χ0n) is 12.2. The largest absolute Gasteiger partial charge is 0.545 e. The first-order valence-electron chi connectivity index (χ1n) is 6.81. The van der Waals surface area contributed by atoms with E-state index in [-0.39, 0.29) is 18.1 Å². The van der Waals surface area contributed by atoms with Crippen molar-refractivity contribution in [3.63, 3.8) is 0 Å². The quantitative estimate of drug-likeness (QED) is 0.864. The fraction of sp³-hybridized carbons (Fsp3) is 0.176. The first-order valence-corrected chi connectivity index (χ1v) is 6.81. The molecule has 114 valence electrons. The van der Waals surface area contributed by atoms with Crippen LogP contribution >= 0.6 is 0 Å². The number of para-hydroxylation sites is 1. The molecule has 2 aromatic rings. The number of benzene rings is 2. The maximum Gasteiger partial charge on any atom is 0.258 e. The molecule has 0 unspecified atom stereocenters. The van der Waals surface area contributed by atoms with Crippen molar-refractivity contribution in [2.45, 2.75) is 13.5 Å². The lowest BCUT2D eigenvalue weighted by Gasteiger charge is -2.10. The van der Waals surface area contributed by atoms with Gasteiger partial charge in [0.25, 0.3) is 5.91 Å². The van der Waals surface area contributed by atoms with Crippen LogP contribution in [0.2, 0.25) is 0 Å². The van der Waals surface area contributed by atoms with Gasteiger partial charge in [0, 0.05) is 6.54 Å². The standard InChI is InChI=1S/C17H17NO4/c1-12-4-2-3-5-15(12)22-11-16(19)18-10-13-6-8-14(9-7-13)17(20)21/h2-9H,10-11H2,1H3,(H,18,19)(H,20,21)/p-1. The van der Waals surface area contributed by atoms with Crippen LogP contribution in [0, 0.1) is 6.92 Å². The summed E-state index contributed by atoms with van der Waals surface area (Å²) in [5.41, 5.74) is 1.88. The van der Waals surface area contributed by atoms with Crippen molar-refractivity contribution in [3.8, 4) is 5.75 Å². The van der Waals surface area contributed by atoms with Gasteiger partial charge in [-0.15, -0.1) is 0 Å². The van der Waals surface area contributed by atoms with E-state index in [4.69, 9.17) is 4.74 Å². The van der Waals surface area contributed by atoms with Crippen LogP contribution in [0.3, 0.4) is 0 Å². The van der Waals surface area contributed by atoms with Gasteiger partial charge >= 0.3 is 0 Å². The van der Waals surface area contributed by atoms with Gasteiger partial charge in [0.15, 0.2) is 6.61 Å². The van der Waals surface area contributed by atoms with E-state index in [2.05, 4.69) is 5.32 Å². The first kappa shape index (κ1) is 15.6. The molecule has 0 bridgehead atoms. The smallest absolute Gasteiger partial charge is 0.258 e. The molecule has 0 radical (unpaired) electrons. The second kappa shape index (κ2) is 7.26. The molecule has 0 aliphatic carbocycles. The van der Waals surface area contributed by atoms with Crippen LogP contribution in [0.25, 0.3) is 0 Å². The number of rotatable bonds is 6. The van der Waals surface area contributed by atoms with E-state index in [9.17, 15) is 14.7 Å². The van der Waals surface area contributed by atoms with Gasteiger partial charge in [-0.1, -0.05) is 42.5 Å². The summed E-state index contributed by atoms with van der Waals surface area (Å²) in [5.74, 6) is -0.787. The van der Waals surface area contributed by atoms with Crippen molar-refractivity contribution in [1.82, 2.24) is 5.32 Å². The van der Waals surface area contributed by atoms with Crippen LogP contribution in [0.15, 0.2) is 48.5 Å². The first-order chi connectivity index (χ1) is 10.6. The molecule has 0 atom stereocenters. The Bertz CT molecular complexity index is 665. The molecule has 2 rings (SSSR count). The molecule has 22 heavy (non-hydrogen) atoms. The van der Waals surface area contributed by atoms with Crippen molar-refractivity contribution in [1.29, 1.82) is 0 Å². The van der Waals surface area contributed by atoms with Gasteiger partial charge < -0.3 is 20.0 Å². The average Bonchev–Trinajstić information content (AvgIpc) is 2.52. The summed E-state index contributed by atoms with van der Waals surface area (Å²) in [5, 5.41) is 13.3. The Morgan fingerprint density at radius 2 is 1.77 bits per heavy atom. The van der Waals surface area contributed by atoms with Gasteiger partial charge in [-0.3, -0.25) is 4.79 Å².